The third-order valence-electron chi connectivity index (χ3n) is 3.66. The standard InChI is InChI=1S/C17H14ClFN2O2/c1-11(22)21-17(2,13-5-9-15(19)10-6-13)23-16(20-21)12-3-7-14(18)8-4-12/h3-10H,1-2H3. The molecule has 4 nitrogen and oxygen atoms in total. The zero-order valence-electron chi connectivity index (χ0n) is 12.6. The lowest BCUT2D eigenvalue weighted by Gasteiger charge is -2.31. The summed E-state index contributed by atoms with van der Waals surface area (Å²) < 4.78 is 19.1. The lowest BCUT2D eigenvalue weighted by Crippen LogP contribution is -2.41. The Kier molecular flexibility index (Phi) is 3.82. The first-order valence-electron chi connectivity index (χ1n) is 7.00. The van der Waals surface area contributed by atoms with Gasteiger partial charge in [0.05, 0.1) is 0 Å². The van der Waals surface area contributed by atoms with Crippen LogP contribution in [0.4, 0.5) is 4.39 Å². The van der Waals surface area contributed by atoms with Crippen LogP contribution in [0.25, 0.3) is 0 Å². The SMILES string of the molecule is CC(=O)N1N=C(c2ccc(Cl)cc2)OC1(C)c1ccc(F)cc1. The third-order valence-corrected chi connectivity index (χ3v) is 3.91. The minimum Gasteiger partial charge on any atom is -0.443 e. The fraction of sp³-hybridized carbons (Fsp3) is 0.176. The first-order valence-corrected chi connectivity index (χ1v) is 7.38. The van der Waals surface area contributed by atoms with E-state index in [0.29, 0.717) is 22.0 Å². The van der Waals surface area contributed by atoms with E-state index in [1.165, 1.54) is 24.1 Å². The number of rotatable bonds is 2. The number of benzene rings is 2. The Morgan fingerprint density at radius 2 is 1.78 bits per heavy atom. The number of hydrogen-bond acceptors (Lipinski definition) is 3. The van der Waals surface area contributed by atoms with Crippen molar-refractivity contribution in [3.05, 3.63) is 70.5 Å². The van der Waals surface area contributed by atoms with Gasteiger partial charge in [-0.3, -0.25) is 4.79 Å². The maximum absolute atomic E-state index is 13.2. The van der Waals surface area contributed by atoms with Gasteiger partial charge in [-0.25, -0.2) is 4.39 Å². The highest BCUT2D eigenvalue weighted by Gasteiger charge is 2.44. The van der Waals surface area contributed by atoms with E-state index in [2.05, 4.69) is 5.10 Å². The van der Waals surface area contributed by atoms with Crippen LogP contribution in [-0.4, -0.2) is 16.8 Å². The molecule has 0 radical (unpaired) electrons. The maximum atomic E-state index is 13.2. The fourth-order valence-electron chi connectivity index (χ4n) is 2.46. The summed E-state index contributed by atoms with van der Waals surface area (Å²) in [5, 5.41) is 6.13. The average Bonchev–Trinajstić information content (AvgIpc) is 2.88. The van der Waals surface area contributed by atoms with Crippen molar-refractivity contribution in [1.29, 1.82) is 0 Å². The Balaban J connectivity index is 2.01. The maximum Gasteiger partial charge on any atom is 0.243 e. The molecule has 0 bridgehead atoms. The first kappa shape index (κ1) is 15.5. The summed E-state index contributed by atoms with van der Waals surface area (Å²) in [6.45, 7) is 3.12. The summed E-state index contributed by atoms with van der Waals surface area (Å²) in [7, 11) is 0. The summed E-state index contributed by atoms with van der Waals surface area (Å²) in [6, 6.07) is 12.7. The number of carbonyl (C=O) groups excluding carboxylic acids is 1. The molecule has 1 aliphatic rings. The molecule has 118 valence electrons. The number of ether oxygens (including phenoxy) is 1. The van der Waals surface area contributed by atoms with E-state index < -0.39 is 5.72 Å². The molecular formula is C17H14ClFN2O2. The highest BCUT2D eigenvalue weighted by atomic mass is 35.5. The monoisotopic (exact) mass is 332 g/mol. The van der Waals surface area contributed by atoms with Gasteiger partial charge in [0.1, 0.15) is 5.82 Å². The lowest BCUT2D eigenvalue weighted by atomic mass is 10.0. The van der Waals surface area contributed by atoms with Crippen LogP contribution in [0.3, 0.4) is 0 Å². The van der Waals surface area contributed by atoms with E-state index in [9.17, 15) is 9.18 Å². The van der Waals surface area contributed by atoms with E-state index in [1.807, 2.05) is 0 Å². The zero-order valence-corrected chi connectivity index (χ0v) is 13.3. The Bertz CT molecular complexity index is 774. The molecule has 0 saturated heterocycles. The van der Waals surface area contributed by atoms with E-state index in [-0.39, 0.29) is 11.7 Å². The minimum atomic E-state index is -1.13. The van der Waals surface area contributed by atoms with Gasteiger partial charge in [-0.1, -0.05) is 23.7 Å². The van der Waals surface area contributed by atoms with Crippen LogP contribution >= 0.6 is 11.6 Å². The predicted molar refractivity (Wildman–Crippen MR) is 85.3 cm³/mol. The van der Waals surface area contributed by atoms with Gasteiger partial charge in [0, 0.05) is 30.0 Å². The van der Waals surface area contributed by atoms with Crippen molar-refractivity contribution in [2.45, 2.75) is 19.6 Å². The molecule has 1 unspecified atom stereocenters. The van der Waals surface area contributed by atoms with Crippen molar-refractivity contribution in [3.8, 4) is 0 Å². The second-order valence-electron chi connectivity index (χ2n) is 5.33. The highest BCUT2D eigenvalue weighted by molar-refractivity contribution is 6.30. The summed E-state index contributed by atoms with van der Waals surface area (Å²) in [5.74, 6) is -0.326. The molecule has 1 heterocycles. The fourth-order valence-corrected chi connectivity index (χ4v) is 2.58. The number of hydrazone groups is 1. The first-order chi connectivity index (χ1) is 10.9. The number of carbonyl (C=O) groups is 1. The van der Waals surface area contributed by atoms with Gasteiger partial charge in [0.15, 0.2) is 0 Å². The summed E-state index contributed by atoms with van der Waals surface area (Å²) in [4.78, 5) is 12.0. The smallest absolute Gasteiger partial charge is 0.243 e. The molecule has 0 aromatic heterocycles. The van der Waals surface area contributed by atoms with Crippen molar-refractivity contribution in [3.63, 3.8) is 0 Å². The highest BCUT2D eigenvalue weighted by Crippen LogP contribution is 2.36. The molecule has 3 rings (SSSR count). The van der Waals surface area contributed by atoms with Gasteiger partial charge in [0.25, 0.3) is 0 Å². The van der Waals surface area contributed by atoms with Gasteiger partial charge in [-0.05, 0) is 36.4 Å². The largest absolute Gasteiger partial charge is 0.443 e. The van der Waals surface area contributed by atoms with Crippen molar-refractivity contribution in [1.82, 2.24) is 5.01 Å². The van der Waals surface area contributed by atoms with Gasteiger partial charge >= 0.3 is 0 Å². The molecule has 0 spiro atoms. The van der Waals surface area contributed by atoms with Crippen molar-refractivity contribution >= 4 is 23.4 Å². The Hall–Kier alpha value is -2.40. The van der Waals surface area contributed by atoms with Gasteiger partial charge in [0.2, 0.25) is 17.5 Å². The molecule has 6 heteroatoms. The number of nitrogens with zero attached hydrogens (tertiary/aromatic N) is 2. The molecule has 1 amide bonds. The molecule has 2 aromatic carbocycles. The number of amides is 1. The molecule has 23 heavy (non-hydrogen) atoms. The van der Waals surface area contributed by atoms with Gasteiger partial charge < -0.3 is 4.74 Å². The lowest BCUT2D eigenvalue weighted by molar-refractivity contribution is -0.146. The summed E-state index contributed by atoms with van der Waals surface area (Å²) in [6.07, 6.45) is 0. The topological polar surface area (TPSA) is 41.9 Å². The van der Waals surface area contributed by atoms with Crippen LogP contribution in [0.2, 0.25) is 5.02 Å². The zero-order chi connectivity index (χ0) is 16.6. The minimum absolute atomic E-state index is 0.277. The second-order valence-corrected chi connectivity index (χ2v) is 5.77. The normalized spacial score (nSPS) is 20.2. The quantitative estimate of drug-likeness (QED) is 0.837. The molecular weight excluding hydrogens is 319 g/mol. The molecule has 0 N–H and O–H groups in total. The van der Waals surface area contributed by atoms with Crippen LogP contribution in [0.1, 0.15) is 25.0 Å². The molecule has 2 aromatic rings. The van der Waals surface area contributed by atoms with Crippen molar-refractivity contribution in [2.24, 2.45) is 5.10 Å². The molecule has 1 aliphatic heterocycles. The van der Waals surface area contributed by atoms with Gasteiger partial charge in [-0.15, -0.1) is 5.10 Å². The Morgan fingerprint density at radius 3 is 2.35 bits per heavy atom. The van der Waals surface area contributed by atoms with Crippen LogP contribution in [-0.2, 0) is 15.3 Å². The predicted octanol–water partition coefficient (Wildman–Crippen LogP) is 3.89. The number of halogens is 2. The summed E-state index contributed by atoms with van der Waals surface area (Å²) in [5.41, 5.74) is 0.197. The van der Waals surface area contributed by atoms with E-state index >= 15 is 0 Å². The third kappa shape index (κ3) is 2.80. The molecule has 1 atom stereocenters. The van der Waals surface area contributed by atoms with Gasteiger partial charge in [-0.2, -0.15) is 5.01 Å². The molecule has 0 fully saturated rings. The summed E-state index contributed by atoms with van der Waals surface area (Å²) >= 11 is 5.88. The van der Waals surface area contributed by atoms with E-state index in [1.54, 1.807) is 43.3 Å². The van der Waals surface area contributed by atoms with Crippen LogP contribution in [0.5, 0.6) is 0 Å². The molecule has 0 aliphatic carbocycles. The van der Waals surface area contributed by atoms with E-state index in [0.717, 1.165) is 0 Å². The van der Waals surface area contributed by atoms with Crippen LogP contribution < -0.4 is 0 Å². The average molecular weight is 333 g/mol. The van der Waals surface area contributed by atoms with E-state index in [4.69, 9.17) is 16.3 Å². The van der Waals surface area contributed by atoms with Crippen LogP contribution in [0.15, 0.2) is 53.6 Å². The van der Waals surface area contributed by atoms with Crippen molar-refractivity contribution < 1.29 is 13.9 Å². The molecule has 0 saturated carbocycles. The van der Waals surface area contributed by atoms with Crippen LogP contribution in [0, 0.1) is 5.82 Å². The Labute approximate surface area is 138 Å². The Morgan fingerprint density at radius 1 is 1.17 bits per heavy atom. The van der Waals surface area contributed by atoms with Crippen molar-refractivity contribution in [2.75, 3.05) is 0 Å². The number of hydrogen-bond donors (Lipinski definition) is 0. The second kappa shape index (κ2) is 5.66.